The van der Waals surface area contributed by atoms with E-state index in [4.69, 9.17) is 4.74 Å². The van der Waals surface area contributed by atoms with Crippen LogP contribution >= 0.6 is 15.9 Å². The van der Waals surface area contributed by atoms with Gasteiger partial charge in [0.15, 0.2) is 18.2 Å². The van der Waals surface area contributed by atoms with E-state index >= 15 is 0 Å². The van der Waals surface area contributed by atoms with E-state index in [1.807, 2.05) is 0 Å². The summed E-state index contributed by atoms with van der Waals surface area (Å²) in [6, 6.07) is 8.51. The van der Waals surface area contributed by atoms with Crippen molar-refractivity contribution in [2.24, 2.45) is 0 Å². The molecule has 8 heteroatoms. The molecule has 1 amide bonds. The molecule has 0 spiro atoms. The van der Waals surface area contributed by atoms with Crippen LogP contribution in [0.4, 0.5) is 23.2 Å². The molecule has 0 aliphatic carbocycles. The first kappa shape index (κ1) is 17.3. The first-order valence-corrected chi connectivity index (χ1v) is 7.10. The lowest BCUT2D eigenvalue weighted by atomic mass is 10.1. The molecular weight excluding hydrogens is 382 g/mol. The number of anilines is 1. The number of nitrogens with one attached hydrogen (secondary N) is 1. The molecule has 2 aromatic rings. The average molecular weight is 392 g/mol. The van der Waals surface area contributed by atoms with Gasteiger partial charge in [0.2, 0.25) is 0 Å². The topological polar surface area (TPSA) is 38.3 Å². The standard InChI is InChI=1S/C15H10BrF4NO2/c16-9-5-6-13(11(17)7-9)23-8-14(22)21-12-4-2-1-3-10(12)15(18,19)20/h1-7H,8H2,(H,21,22). The van der Waals surface area contributed by atoms with E-state index in [1.54, 1.807) is 0 Å². The number of carbonyl (C=O) groups excluding carboxylic acids is 1. The van der Waals surface area contributed by atoms with Crippen LogP contribution in [0.25, 0.3) is 0 Å². The van der Waals surface area contributed by atoms with E-state index in [2.05, 4.69) is 21.2 Å². The van der Waals surface area contributed by atoms with Gasteiger partial charge in [0.25, 0.3) is 5.91 Å². The number of carbonyl (C=O) groups is 1. The van der Waals surface area contributed by atoms with E-state index in [0.29, 0.717) is 4.47 Å². The van der Waals surface area contributed by atoms with E-state index in [1.165, 1.54) is 24.3 Å². The number of halogens is 5. The van der Waals surface area contributed by atoms with E-state index in [0.717, 1.165) is 18.2 Å². The Hall–Kier alpha value is -2.09. The van der Waals surface area contributed by atoms with Crippen LogP contribution in [-0.4, -0.2) is 12.5 Å². The Kier molecular flexibility index (Phi) is 5.25. The second-order valence-corrected chi connectivity index (χ2v) is 5.37. The summed E-state index contributed by atoms with van der Waals surface area (Å²) in [7, 11) is 0. The van der Waals surface area contributed by atoms with E-state index < -0.39 is 30.1 Å². The molecule has 1 N–H and O–H groups in total. The minimum Gasteiger partial charge on any atom is -0.481 e. The quantitative estimate of drug-likeness (QED) is 0.771. The molecule has 0 aliphatic heterocycles. The van der Waals surface area contributed by atoms with Gasteiger partial charge < -0.3 is 10.1 Å². The fraction of sp³-hybridized carbons (Fsp3) is 0.133. The number of hydrogen-bond acceptors (Lipinski definition) is 2. The summed E-state index contributed by atoms with van der Waals surface area (Å²) >= 11 is 3.07. The fourth-order valence-electron chi connectivity index (χ4n) is 1.76. The van der Waals surface area contributed by atoms with Crippen molar-refractivity contribution < 1.29 is 27.1 Å². The van der Waals surface area contributed by atoms with Gasteiger partial charge in [0.05, 0.1) is 11.3 Å². The molecule has 122 valence electrons. The fourth-order valence-corrected chi connectivity index (χ4v) is 2.09. The highest BCUT2D eigenvalue weighted by molar-refractivity contribution is 9.10. The molecule has 0 heterocycles. The Morgan fingerprint density at radius 2 is 1.87 bits per heavy atom. The Bertz CT molecular complexity index is 719. The minimum atomic E-state index is -4.59. The lowest BCUT2D eigenvalue weighted by Crippen LogP contribution is -2.22. The van der Waals surface area contributed by atoms with Crippen LogP contribution in [0.5, 0.6) is 5.75 Å². The molecule has 0 unspecified atom stereocenters. The molecule has 0 atom stereocenters. The Morgan fingerprint density at radius 3 is 2.52 bits per heavy atom. The van der Waals surface area contributed by atoms with Crippen molar-refractivity contribution in [3.63, 3.8) is 0 Å². The van der Waals surface area contributed by atoms with Gasteiger partial charge in [-0.3, -0.25) is 4.79 Å². The smallest absolute Gasteiger partial charge is 0.418 e. The Balaban J connectivity index is 2.03. The highest BCUT2D eigenvalue weighted by Gasteiger charge is 2.33. The Morgan fingerprint density at radius 1 is 1.17 bits per heavy atom. The highest BCUT2D eigenvalue weighted by Crippen LogP contribution is 2.34. The molecule has 3 nitrogen and oxygen atoms in total. The first-order valence-electron chi connectivity index (χ1n) is 6.31. The molecule has 2 rings (SSSR count). The molecule has 23 heavy (non-hydrogen) atoms. The molecule has 0 saturated carbocycles. The van der Waals surface area contributed by atoms with Crippen LogP contribution in [0, 0.1) is 5.82 Å². The summed E-state index contributed by atoms with van der Waals surface area (Å²) in [6.07, 6.45) is -4.59. The van der Waals surface area contributed by atoms with Crippen molar-refractivity contribution in [2.45, 2.75) is 6.18 Å². The number of ether oxygens (including phenoxy) is 1. The highest BCUT2D eigenvalue weighted by atomic mass is 79.9. The van der Waals surface area contributed by atoms with Crippen molar-refractivity contribution in [2.75, 3.05) is 11.9 Å². The van der Waals surface area contributed by atoms with E-state index in [-0.39, 0.29) is 11.4 Å². The van der Waals surface area contributed by atoms with Gasteiger partial charge in [-0.2, -0.15) is 13.2 Å². The number of benzene rings is 2. The maximum atomic E-state index is 13.5. The average Bonchev–Trinajstić information content (AvgIpc) is 2.46. The van der Waals surface area contributed by atoms with E-state index in [9.17, 15) is 22.4 Å². The van der Waals surface area contributed by atoms with Crippen molar-refractivity contribution in [3.05, 3.63) is 58.3 Å². The van der Waals surface area contributed by atoms with Crippen LogP contribution in [0.1, 0.15) is 5.56 Å². The zero-order valence-electron chi connectivity index (χ0n) is 11.5. The SMILES string of the molecule is O=C(COc1ccc(Br)cc1F)Nc1ccccc1C(F)(F)F. The van der Waals surface area contributed by atoms with Crippen LogP contribution in [0.3, 0.4) is 0 Å². The lowest BCUT2D eigenvalue weighted by Gasteiger charge is -2.14. The van der Waals surface area contributed by atoms with Crippen LogP contribution in [0.15, 0.2) is 46.9 Å². The number of alkyl halides is 3. The third-order valence-electron chi connectivity index (χ3n) is 2.76. The second kappa shape index (κ2) is 6.99. The predicted octanol–water partition coefficient (Wildman–Crippen LogP) is 4.62. The number of hydrogen-bond donors (Lipinski definition) is 1. The van der Waals surface area contributed by atoms with Gasteiger partial charge in [-0.1, -0.05) is 28.1 Å². The van der Waals surface area contributed by atoms with Gasteiger partial charge in [0.1, 0.15) is 0 Å². The Labute approximate surface area is 137 Å². The van der Waals surface area contributed by atoms with Crippen molar-refractivity contribution in [1.82, 2.24) is 0 Å². The summed E-state index contributed by atoms with van der Waals surface area (Å²) in [4.78, 5) is 11.7. The molecule has 2 aromatic carbocycles. The third kappa shape index (κ3) is 4.69. The summed E-state index contributed by atoms with van der Waals surface area (Å²) in [5, 5.41) is 2.10. The minimum absolute atomic E-state index is 0.174. The van der Waals surface area contributed by atoms with Crippen LogP contribution in [-0.2, 0) is 11.0 Å². The molecule has 0 saturated heterocycles. The summed E-state index contributed by atoms with van der Waals surface area (Å²) in [5.41, 5.74) is -1.35. The first-order chi connectivity index (χ1) is 10.8. The zero-order chi connectivity index (χ0) is 17.0. The third-order valence-corrected chi connectivity index (χ3v) is 3.25. The number of rotatable bonds is 4. The number of para-hydroxylation sites is 1. The predicted molar refractivity (Wildman–Crippen MR) is 79.7 cm³/mol. The molecule has 0 radical (unpaired) electrons. The maximum Gasteiger partial charge on any atom is 0.418 e. The maximum absolute atomic E-state index is 13.5. The largest absolute Gasteiger partial charge is 0.481 e. The van der Waals surface area contributed by atoms with Gasteiger partial charge in [-0.05, 0) is 30.3 Å². The van der Waals surface area contributed by atoms with Crippen molar-refractivity contribution in [3.8, 4) is 5.75 Å². The molecule has 0 bridgehead atoms. The van der Waals surface area contributed by atoms with Gasteiger partial charge in [-0.25, -0.2) is 4.39 Å². The summed E-state index contributed by atoms with van der Waals surface area (Å²) < 4.78 is 57.4. The van der Waals surface area contributed by atoms with Crippen LogP contribution in [0.2, 0.25) is 0 Å². The molecular formula is C15H10BrF4NO2. The molecule has 0 aliphatic rings. The van der Waals surface area contributed by atoms with Gasteiger partial charge in [-0.15, -0.1) is 0 Å². The summed E-state index contributed by atoms with van der Waals surface area (Å²) in [6.45, 7) is -0.620. The summed E-state index contributed by atoms with van der Waals surface area (Å²) in [5.74, 6) is -1.70. The molecule has 0 aromatic heterocycles. The second-order valence-electron chi connectivity index (χ2n) is 4.45. The normalized spacial score (nSPS) is 11.2. The molecule has 0 fully saturated rings. The monoisotopic (exact) mass is 391 g/mol. The van der Waals surface area contributed by atoms with Gasteiger partial charge >= 0.3 is 6.18 Å². The van der Waals surface area contributed by atoms with Gasteiger partial charge in [0, 0.05) is 4.47 Å². The number of amides is 1. The lowest BCUT2D eigenvalue weighted by molar-refractivity contribution is -0.137. The zero-order valence-corrected chi connectivity index (χ0v) is 13.0. The van der Waals surface area contributed by atoms with Crippen LogP contribution < -0.4 is 10.1 Å². The van der Waals surface area contributed by atoms with Crippen molar-refractivity contribution in [1.29, 1.82) is 0 Å². The van der Waals surface area contributed by atoms with Crippen molar-refractivity contribution >= 4 is 27.5 Å².